The highest BCUT2D eigenvalue weighted by molar-refractivity contribution is 5.76. The van der Waals surface area contributed by atoms with E-state index in [-0.39, 0.29) is 18.5 Å². The summed E-state index contributed by atoms with van der Waals surface area (Å²) in [6, 6.07) is -0.636. The van der Waals surface area contributed by atoms with Gasteiger partial charge in [0.1, 0.15) is 0 Å². The number of carbonyl (C=O) groups is 2. The molecule has 0 saturated carbocycles. The van der Waals surface area contributed by atoms with Crippen LogP contribution >= 0.6 is 0 Å². The van der Waals surface area contributed by atoms with Gasteiger partial charge in [-0.1, -0.05) is 339 Å². The first-order chi connectivity index (χ1) is 39.5. The normalized spacial score (nSPS) is 12.7. The van der Waals surface area contributed by atoms with Crippen LogP contribution in [0.3, 0.4) is 0 Å². The predicted octanol–water partition coefficient (Wildman–Crippen LogP) is 23.5. The molecule has 0 rings (SSSR count). The number of hydrogen-bond acceptors (Lipinski definition) is 5. The van der Waals surface area contributed by atoms with E-state index in [0.717, 1.165) is 51.4 Å². The molecule has 0 saturated heterocycles. The first-order valence-electron chi connectivity index (χ1n) is 36.3. The lowest BCUT2D eigenvalue weighted by atomic mass is 10.0. The van der Waals surface area contributed by atoms with Crippen LogP contribution in [0, 0.1) is 0 Å². The van der Waals surface area contributed by atoms with E-state index in [4.69, 9.17) is 4.74 Å². The molecule has 0 aliphatic rings. The molecule has 0 heterocycles. The summed E-state index contributed by atoms with van der Waals surface area (Å²) < 4.78 is 5.50. The zero-order chi connectivity index (χ0) is 57.8. The number of amides is 1. The van der Waals surface area contributed by atoms with Crippen molar-refractivity contribution in [2.75, 3.05) is 13.2 Å². The molecular formula is C74H141NO5. The predicted molar refractivity (Wildman–Crippen MR) is 352 cm³/mol. The lowest BCUT2D eigenvalue weighted by Gasteiger charge is -2.20. The van der Waals surface area contributed by atoms with E-state index in [2.05, 4.69) is 43.5 Å². The van der Waals surface area contributed by atoms with E-state index in [1.165, 1.54) is 321 Å². The number of rotatable bonds is 68. The molecule has 472 valence electrons. The second-order valence-electron chi connectivity index (χ2n) is 24.9. The smallest absolute Gasteiger partial charge is 0.305 e. The Balaban J connectivity index is 3.44. The first kappa shape index (κ1) is 78.1. The Labute approximate surface area is 500 Å². The van der Waals surface area contributed by atoms with E-state index in [1.807, 2.05) is 6.08 Å². The van der Waals surface area contributed by atoms with Crippen LogP contribution in [-0.2, 0) is 14.3 Å². The highest BCUT2D eigenvalue weighted by Gasteiger charge is 2.18. The lowest BCUT2D eigenvalue weighted by molar-refractivity contribution is -0.143. The molecule has 0 bridgehead atoms. The summed E-state index contributed by atoms with van der Waals surface area (Å²) in [5, 5.41) is 23.3. The summed E-state index contributed by atoms with van der Waals surface area (Å²) >= 11 is 0. The Hall–Kier alpha value is -1.92. The molecule has 80 heavy (non-hydrogen) atoms. The summed E-state index contributed by atoms with van der Waals surface area (Å²) in [5.41, 5.74) is 0. The van der Waals surface area contributed by atoms with Crippen molar-refractivity contribution in [1.82, 2.24) is 5.32 Å². The number of unbranched alkanes of at least 4 members (excludes halogenated alkanes) is 53. The van der Waals surface area contributed by atoms with Crippen LogP contribution in [0.4, 0.5) is 0 Å². The summed E-state index contributed by atoms with van der Waals surface area (Å²) in [7, 11) is 0. The Morgan fingerprint density at radius 2 is 0.588 bits per heavy atom. The maximum atomic E-state index is 12.5. The Kier molecular flexibility index (Phi) is 67.9. The van der Waals surface area contributed by atoms with Gasteiger partial charge in [0.15, 0.2) is 0 Å². The number of aliphatic hydroxyl groups excluding tert-OH is 2. The monoisotopic (exact) mass is 1120 g/mol. The fourth-order valence-corrected chi connectivity index (χ4v) is 11.3. The number of aliphatic hydroxyl groups is 2. The minimum absolute atomic E-state index is 0.00545. The van der Waals surface area contributed by atoms with Gasteiger partial charge in [-0.05, 0) is 83.5 Å². The van der Waals surface area contributed by atoms with Crippen molar-refractivity contribution < 1.29 is 24.5 Å². The number of nitrogens with one attached hydrogen (secondary N) is 1. The third-order valence-corrected chi connectivity index (χ3v) is 16.9. The summed E-state index contributed by atoms with van der Waals surface area (Å²) in [6.07, 6.45) is 89.4. The minimum atomic E-state index is -0.852. The first-order valence-corrected chi connectivity index (χ1v) is 36.3. The number of allylic oxidation sites excluding steroid dienone is 5. The van der Waals surface area contributed by atoms with E-state index >= 15 is 0 Å². The quantitative estimate of drug-likeness (QED) is 0.0320. The van der Waals surface area contributed by atoms with Crippen molar-refractivity contribution in [1.29, 1.82) is 0 Å². The Morgan fingerprint density at radius 3 is 0.887 bits per heavy atom. The van der Waals surface area contributed by atoms with E-state index < -0.39 is 12.1 Å². The largest absolute Gasteiger partial charge is 0.466 e. The Morgan fingerprint density at radius 1 is 0.338 bits per heavy atom. The van der Waals surface area contributed by atoms with Crippen molar-refractivity contribution in [2.24, 2.45) is 0 Å². The average Bonchev–Trinajstić information content (AvgIpc) is 3.46. The molecule has 2 unspecified atom stereocenters. The van der Waals surface area contributed by atoms with Crippen molar-refractivity contribution >= 4 is 11.9 Å². The zero-order valence-electron chi connectivity index (χ0n) is 54.1. The van der Waals surface area contributed by atoms with Gasteiger partial charge < -0.3 is 20.3 Å². The number of hydrogen-bond donors (Lipinski definition) is 3. The van der Waals surface area contributed by atoms with Crippen LogP contribution in [0.1, 0.15) is 399 Å². The van der Waals surface area contributed by atoms with Gasteiger partial charge in [0.05, 0.1) is 25.4 Å². The van der Waals surface area contributed by atoms with Crippen LogP contribution in [0.2, 0.25) is 0 Å². The summed E-state index contributed by atoms with van der Waals surface area (Å²) in [6.45, 7) is 4.93. The van der Waals surface area contributed by atoms with Gasteiger partial charge in [0.25, 0.3) is 0 Å². The van der Waals surface area contributed by atoms with Gasteiger partial charge in [0, 0.05) is 12.8 Å². The van der Waals surface area contributed by atoms with Crippen LogP contribution in [0.5, 0.6) is 0 Å². The molecule has 6 heteroatoms. The van der Waals surface area contributed by atoms with Crippen molar-refractivity contribution in [3.63, 3.8) is 0 Å². The fraction of sp³-hybridized carbons (Fsp3) is 0.892. The van der Waals surface area contributed by atoms with E-state index in [9.17, 15) is 19.8 Å². The molecule has 0 fully saturated rings. The maximum absolute atomic E-state index is 12.5. The van der Waals surface area contributed by atoms with E-state index in [1.54, 1.807) is 6.08 Å². The molecule has 0 aliphatic heterocycles. The molecule has 3 N–H and O–H groups in total. The summed E-state index contributed by atoms with van der Waals surface area (Å²) in [4.78, 5) is 24.6. The number of esters is 1. The average molecular weight is 1120 g/mol. The lowest BCUT2D eigenvalue weighted by Crippen LogP contribution is -2.45. The van der Waals surface area contributed by atoms with Crippen molar-refractivity contribution in [3.8, 4) is 0 Å². The topological polar surface area (TPSA) is 95.9 Å². The van der Waals surface area contributed by atoms with Crippen LogP contribution in [0.25, 0.3) is 0 Å². The Bertz CT molecular complexity index is 1300. The molecule has 6 nitrogen and oxygen atoms in total. The molecule has 0 aromatic carbocycles. The van der Waals surface area contributed by atoms with Gasteiger partial charge in [0.2, 0.25) is 5.91 Å². The molecule has 0 radical (unpaired) electrons. The number of carbonyl (C=O) groups excluding carboxylic acids is 2. The molecule has 0 aromatic heterocycles. The standard InChI is InChI=1S/C74H141NO5/c1-3-5-7-9-11-13-15-17-19-21-23-24-25-26-28-31-34-38-42-46-50-54-58-62-66-72(77)71(70-76)75-73(78)67-63-59-55-51-47-43-39-35-32-29-27-30-33-37-41-45-49-53-57-61-65-69-80-74(79)68-64-60-56-52-48-44-40-36-22-20-18-16-14-12-10-8-6-4-2/h20,22,29,32,62,66,71-72,76-77H,3-19,21,23-28,30-31,33-61,63-65,67-70H2,1-2H3,(H,75,78)/b22-20-,32-29-,66-62+. The van der Waals surface area contributed by atoms with Crippen LogP contribution in [-0.4, -0.2) is 47.4 Å². The third kappa shape index (κ3) is 65.2. The van der Waals surface area contributed by atoms with Crippen molar-refractivity contribution in [2.45, 2.75) is 411 Å². The van der Waals surface area contributed by atoms with E-state index in [0.29, 0.717) is 19.4 Å². The van der Waals surface area contributed by atoms with Gasteiger partial charge in [-0.15, -0.1) is 0 Å². The maximum Gasteiger partial charge on any atom is 0.305 e. The fourth-order valence-electron chi connectivity index (χ4n) is 11.3. The summed E-state index contributed by atoms with van der Waals surface area (Å²) in [5.74, 6) is -0.0664. The molecule has 0 aliphatic carbocycles. The zero-order valence-corrected chi connectivity index (χ0v) is 54.1. The van der Waals surface area contributed by atoms with Crippen LogP contribution < -0.4 is 5.32 Å². The molecule has 0 spiro atoms. The van der Waals surface area contributed by atoms with Crippen LogP contribution in [0.15, 0.2) is 36.5 Å². The second-order valence-corrected chi connectivity index (χ2v) is 24.9. The molecular weight excluding hydrogens is 983 g/mol. The van der Waals surface area contributed by atoms with Crippen molar-refractivity contribution in [3.05, 3.63) is 36.5 Å². The third-order valence-electron chi connectivity index (χ3n) is 16.9. The molecule has 1 amide bonds. The second kappa shape index (κ2) is 69.6. The van der Waals surface area contributed by atoms with Gasteiger partial charge >= 0.3 is 5.97 Å². The highest BCUT2D eigenvalue weighted by atomic mass is 16.5. The molecule has 0 aromatic rings. The minimum Gasteiger partial charge on any atom is -0.466 e. The van der Waals surface area contributed by atoms with Gasteiger partial charge in [-0.2, -0.15) is 0 Å². The van der Waals surface area contributed by atoms with Gasteiger partial charge in [-0.3, -0.25) is 9.59 Å². The number of ether oxygens (including phenoxy) is 1. The molecule has 2 atom stereocenters. The SMILES string of the molecule is CCCCCCCCC/C=C\CCCCCCCCCC(=O)OCCCCCCCCCCCC/C=C\CCCCCCCCCC(=O)NC(CO)C(O)/C=C/CCCCCCCCCCCCCCCCCCCCCCCC. The highest BCUT2D eigenvalue weighted by Crippen LogP contribution is 2.18. The van der Waals surface area contributed by atoms with Gasteiger partial charge in [-0.25, -0.2) is 0 Å².